The van der Waals surface area contributed by atoms with Crippen molar-refractivity contribution in [3.05, 3.63) is 80.9 Å². The number of aromatic nitrogens is 2. The molecule has 3 aromatic rings. The molecule has 1 N–H and O–H groups in total. The number of carbonyl (C=O) groups is 1. The molecule has 25 heavy (non-hydrogen) atoms. The van der Waals surface area contributed by atoms with Crippen molar-refractivity contribution in [3.63, 3.8) is 0 Å². The minimum atomic E-state index is -0.387. The van der Waals surface area contributed by atoms with Gasteiger partial charge in [-0.3, -0.25) is 19.5 Å². The van der Waals surface area contributed by atoms with E-state index in [2.05, 4.69) is 5.10 Å². The van der Waals surface area contributed by atoms with Crippen molar-refractivity contribution in [3.8, 4) is 0 Å². The van der Waals surface area contributed by atoms with Gasteiger partial charge in [-0.15, -0.1) is 0 Å². The number of benzene rings is 2. The van der Waals surface area contributed by atoms with Crippen LogP contribution in [0.15, 0.2) is 64.2 Å². The van der Waals surface area contributed by atoms with Gasteiger partial charge < -0.3 is 4.90 Å². The van der Waals surface area contributed by atoms with Gasteiger partial charge in [-0.25, -0.2) is 4.68 Å². The topological polar surface area (TPSA) is 75.2 Å². The number of carbonyl (C=O) groups excluding carboxylic acids is 1. The minimum absolute atomic E-state index is 0.142. The third-order valence-corrected chi connectivity index (χ3v) is 4.43. The van der Waals surface area contributed by atoms with E-state index < -0.39 is 0 Å². The molecule has 3 rings (SSSR count). The van der Waals surface area contributed by atoms with Crippen molar-refractivity contribution in [2.75, 3.05) is 7.05 Å². The van der Waals surface area contributed by atoms with Gasteiger partial charge in [0.1, 0.15) is 6.54 Å². The molecule has 0 aliphatic heterocycles. The molecule has 1 heterocycles. The molecule has 0 bridgehead atoms. The van der Waals surface area contributed by atoms with Crippen molar-refractivity contribution in [1.29, 1.82) is 0 Å². The standard InChI is InChI=1S/C19H19N3O3/c1-13(14-8-4-3-5-9-14)21(2)17(23)12-22-19(25)16-11-7-6-10-15(16)18(24)20-22/h3-11,13H,12H2,1-2H3,(H,20,24)/t13-/m0/s1. The molecule has 0 spiro atoms. The molecule has 0 fully saturated rings. The number of H-pyrrole nitrogens is 1. The van der Waals surface area contributed by atoms with Crippen LogP contribution >= 0.6 is 0 Å². The molecule has 0 aliphatic carbocycles. The summed E-state index contributed by atoms with van der Waals surface area (Å²) < 4.78 is 1.07. The molecule has 6 heteroatoms. The van der Waals surface area contributed by atoms with Crippen LogP contribution in [0.25, 0.3) is 10.8 Å². The van der Waals surface area contributed by atoms with Crippen LogP contribution in [-0.2, 0) is 11.3 Å². The highest BCUT2D eigenvalue weighted by molar-refractivity contribution is 5.81. The van der Waals surface area contributed by atoms with Gasteiger partial charge in [0, 0.05) is 7.05 Å². The van der Waals surface area contributed by atoms with E-state index in [0.29, 0.717) is 10.8 Å². The van der Waals surface area contributed by atoms with Gasteiger partial charge in [-0.1, -0.05) is 42.5 Å². The molecular formula is C19H19N3O3. The third-order valence-electron chi connectivity index (χ3n) is 4.43. The number of rotatable bonds is 4. The molecule has 0 unspecified atom stereocenters. The van der Waals surface area contributed by atoms with Crippen molar-refractivity contribution in [2.45, 2.75) is 19.5 Å². The maximum Gasteiger partial charge on any atom is 0.273 e. The molecule has 0 aliphatic rings. The first-order valence-corrected chi connectivity index (χ1v) is 8.01. The lowest BCUT2D eigenvalue weighted by molar-refractivity contribution is -0.132. The first-order chi connectivity index (χ1) is 12.0. The summed E-state index contributed by atoms with van der Waals surface area (Å²) in [5, 5.41) is 3.11. The molecule has 1 atom stereocenters. The van der Waals surface area contributed by atoms with Crippen LogP contribution in [0.1, 0.15) is 18.5 Å². The summed E-state index contributed by atoms with van der Waals surface area (Å²) in [6.07, 6.45) is 0. The Bertz CT molecular complexity index is 1020. The van der Waals surface area contributed by atoms with Crippen LogP contribution in [0.3, 0.4) is 0 Å². The van der Waals surface area contributed by atoms with Gasteiger partial charge in [0.2, 0.25) is 5.91 Å². The maximum atomic E-state index is 12.6. The quantitative estimate of drug-likeness (QED) is 0.790. The van der Waals surface area contributed by atoms with Gasteiger partial charge in [0.15, 0.2) is 0 Å². The number of hydrogen-bond donors (Lipinski definition) is 1. The predicted octanol–water partition coefficient (Wildman–Crippen LogP) is 1.91. The second-order valence-electron chi connectivity index (χ2n) is 5.97. The van der Waals surface area contributed by atoms with Gasteiger partial charge in [0.25, 0.3) is 11.1 Å². The Balaban J connectivity index is 1.88. The Morgan fingerprint density at radius 1 is 1.04 bits per heavy atom. The normalized spacial score (nSPS) is 12.1. The number of nitrogens with one attached hydrogen (secondary N) is 1. The van der Waals surface area contributed by atoms with Crippen LogP contribution in [0.5, 0.6) is 0 Å². The van der Waals surface area contributed by atoms with E-state index >= 15 is 0 Å². The Morgan fingerprint density at radius 3 is 2.32 bits per heavy atom. The van der Waals surface area contributed by atoms with E-state index in [1.54, 1.807) is 36.2 Å². The molecule has 1 aromatic heterocycles. The van der Waals surface area contributed by atoms with E-state index in [9.17, 15) is 14.4 Å². The number of fused-ring (bicyclic) bond motifs is 1. The lowest BCUT2D eigenvalue weighted by Crippen LogP contribution is -2.38. The Morgan fingerprint density at radius 2 is 1.64 bits per heavy atom. The van der Waals surface area contributed by atoms with E-state index in [1.807, 2.05) is 37.3 Å². The third kappa shape index (κ3) is 3.24. The fourth-order valence-electron chi connectivity index (χ4n) is 2.78. The van der Waals surface area contributed by atoms with E-state index in [0.717, 1.165) is 10.2 Å². The largest absolute Gasteiger partial charge is 0.337 e. The van der Waals surface area contributed by atoms with Crippen LogP contribution < -0.4 is 11.1 Å². The molecule has 0 radical (unpaired) electrons. The van der Waals surface area contributed by atoms with Gasteiger partial charge >= 0.3 is 0 Å². The predicted molar refractivity (Wildman–Crippen MR) is 96.5 cm³/mol. The zero-order valence-electron chi connectivity index (χ0n) is 14.1. The number of amides is 1. The van der Waals surface area contributed by atoms with Crippen LogP contribution in [0.2, 0.25) is 0 Å². The zero-order valence-corrected chi connectivity index (χ0v) is 14.1. The lowest BCUT2D eigenvalue weighted by atomic mass is 10.1. The molecule has 6 nitrogen and oxygen atoms in total. The minimum Gasteiger partial charge on any atom is -0.337 e. The second kappa shape index (κ2) is 6.76. The van der Waals surface area contributed by atoms with Gasteiger partial charge in [-0.2, -0.15) is 0 Å². The van der Waals surface area contributed by atoms with Crippen LogP contribution in [-0.4, -0.2) is 27.6 Å². The molecule has 2 aromatic carbocycles. The number of aromatic amines is 1. The van der Waals surface area contributed by atoms with Crippen LogP contribution in [0.4, 0.5) is 0 Å². The fourth-order valence-corrected chi connectivity index (χ4v) is 2.78. The summed E-state index contributed by atoms with van der Waals surface area (Å²) in [4.78, 5) is 38.8. The van der Waals surface area contributed by atoms with Crippen molar-refractivity contribution in [1.82, 2.24) is 14.7 Å². The Labute approximate surface area is 144 Å². The van der Waals surface area contributed by atoms with E-state index in [-0.39, 0.29) is 29.6 Å². The van der Waals surface area contributed by atoms with E-state index in [4.69, 9.17) is 0 Å². The van der Waals surface area contributed by atoms with Crippen LogP contribution in [0, 0.1) is 0 Å². The maximum absolute atomic E-state index is 12.6. The summed E-state index contributed by atoms with van der Waals surface area (Å²) in [5.74, 6) is -0.260. The SMILES string of the molecule is C[C@@H](c1ccccc1)N(C)C(=O)Cn1[nH]c(=O)c2ccccc2c1=O. The van der Waals surface area contributed by atoms with Crippen molar-refractivity contribution >= 4 is 16.7 Å². The molecule has 128 valence electrons. The van der Waals surface area contributed by atoms with Gasteiger partial charge in [-0.05, 0) is 24.6 Å². The average Bonchev–Trinajstić information content (AvgIpc) is 2.65. The number of likely N-dealkylation sites (N-methyl/N-ethyl adjacent to an activating group) is 1. The highest BCUT2D eigenvalue weighted by Crippen LogP contribution is 2.18. The highest BCUT2D eigenvalue weighted by atomic mass is 16.2. The summed E-state index contributed by atoms with van der Waals surface area (Å²) in [7, 11) is 1.68. The monoisotopic (exact) mass is 337 g/mol. The smallest absolute Gasteiger partial charge is 0.273 e. The summed E-state index contributed by atoms with van der Waals surface area (Å²) in [6, 6.07) is 16.0. The molecule has 0 saturated carbocycles. The molecule has 0 saturated heterocycles. The first kappa shape index (κ1) is 16.7. The summed E-state index contributed by atoms with van der Waals surface area (Å²) in [6.45, 7) is 1.70. The van der Waals surface area contributed by atoms with Crippen molar-refractivity contribution in [2.24, 2.45) is 0 Å². The Hall–Kier alpha value is -3.15. The average molecular weight is 337 g/mol. The van der Waals surface area contributed by atoms with E-state index in [1.165, 1.54) is 0 Å². The summed E-state index contributed by atoms with van der Waals surface area (Å²) >= 11 is 0. The highest BCUT2D eigenvalue weighted by Gasteiger charge is 2.19. The Kier molecular flexibility index (Phi) is 4.52. The van der Waals surface area contributed by atoms with Gasteiger partial charge in [0.05, 0.1) is 16.8 Å². The second-order valence-corrected chi connectivity index (χ2v) is 5.97. The molecule has 1 amide bonds. The van der Waals surface area contributed by atoms with Crippen molar-refractivity contribution < 1.29 is 4.79 Å². The molecular weight excluding hydrogens is 318 g/mol. The fraction of sp³-hybridized carbons (Fsp3) is 0.211. The summed E-state index contributed by atoms with van der Waals surface area (Å²) in [5.41, 5.74) is 0.226. The first-order valence-electron chi connectivity index (χ1n) is 8.01. The zero-order chi connectivity index (χ0) is 18.0. The lowest BCUT2D eigenvalue weighted by Gasteiger charge is -2.25. The number of nitrogens with zero attached hydrogens (tertiary/aromatic N) is 2. The number of hydrogen-bond acceptors (Lipinski definition) is 3.